The van der Waals surface area contributed by atoms with Gasteiger partial charge in [0.25, 0.3) is 0 Å². The number of benzene rings is 2. The summed E-state index contributed by atoms with van der Waals surface area (Å²) in [6.45, 7) is 7.36. The zero-order valence-corrected chi connectivity index (χ0v) is 20.5. The Morgan fingerprint density at radius 1 is 1.06 bits per heavy atom. The Morgan fingerprint density at radius 3 is 2.63 bits per heavy atom. The van der Waals surface area contributed by atoms with Gasteiger partial charge in [-0.1, -0.05) is 29.8 Å². The highest BCUT2D eigenvalue weighted by Crippen LogP contribution is 2.21. The zero-order valence-electron chi connectivity index (χ0n) is 20.5. The number of hydrogen-bond acceptors (Lipinski definition) is 6. The van der Waals surface area contributed by atoms with Gasteiger partial charge in [0.15, 0.2) is 0 Å². The summed E-state index contributed by atoms with van der Waals surface area (Å²) in [7, 11) is 0. The maximum atomic E-state index is 12.2. The highest BCUT2D eigenvalue weighted by atomic mass is 16.5. The maximum Gasteiger partial charge on any atom is 0.219 e. The summed E-state index contributed by atoms with van der Waals surface area (Å²) in [4.78, 5) is 16.1. The van der Waals surface area contributed by atoms with Crippen molar-refractivity contribution in [3.05, 3.63) is 78.1 Å². The van der Waals surface area contributed by atoms with Crippen LogP contribution in [0, 0.1) is 6.92 Å². The van der Waals surface area contributed by atoms with Crippen LogP contribution in [0.5, 0.6) is 11.5 Å². The number of amides is 1. The van der Waals surface area contributed by atoms with Crippen LogP contribution in [0.4, 0.5) is 0 Å². The van der Waals surface area contributed by atoms with Gasteiger partial charge in [-0.3, -0.25) is 14.4 Å². The van der Waals surface area contributed by atoms with Gasteiger partial charge in [-0.25, -0.2) is 0 Å². The predicted octanol–water partition coefficient (Wildman–Crippen LogP) is 2.74. The highest BCUT2D eigenvalue weighted by Gasteiger charge is 2.36. The average Bonchev–Trinajstić information content (AvgIpc) is 3.29. The van der Waals surface area contributed by atoms with E-state index in [0.29, 0.717) is 45.1 Å². The number of aromatic nitrogens is 2. The first-order chi connectivity index (χ1) is 16.9. The van der Waals surface area contributed by atoms with Crippen LogP contribution < -0.4 is 9.47 Å². The number of hydrogen-bond donors (Lipinski definition) is 1. The van der Waals surface area contributed by atoms with Crippen LogP contribution in [0.25, 0.3) is 0 Å². The van der Waals surface area contributed by atoms with Crippen molar-refractivity contribution in [1.29, 1.82) is 0 Å². The highest BCUT2D eigenvalue weighted by molar-refractivity contribution is 5.73. The molecule has 8 heteroatoms. The lowest BCUT2D eigenvalue weighted by molar-refractivity contribution is -0.132. The van der Waals surface area contributed by atoms with Crippen LogP contribution >= 0.6 is 0 Å². The van der Waals surface area contributed by atoms with Crippen molar-refractivity contribution >= 4 is 5.91 Å². The molecule has 2 aromatic carbocycles. The van der Waals surface area contributed by atoms with Crippen LogP contribution in [0.1, 0.15) is 18.1 Å². The third-order valence-corrected chi connectivity index (χ3v) is 6.12. The Hall–Kier alpha value is -3.36. The summed E-state index contributed by atoms with van der Waals surface area (Å²) < 4.78 is 13.7. The number of nitrogens with zero attached hydrogens (tertiary/aromatic N) is 4. The van der Waals surface area contributed by atoms with Crippen molar-refractivity contribution < 1.29 is 19.4 Å². The Balaban J connectivity index is 1.39. The number of aliphatic hydroxyl groups is 1. The lowest BCUT2D eigenvalue weighted by Crippen LogP contribution is -2.51. The predicted molar refractivity (Wildman–Crippen MR) is 133 cm³/mol. The normalized spacial score (nSPS) is 18.8. The molecule has 0 bridgehead atoms. The summed E-state index contributed by atoms with van der Waals surface area (Å²) in [6, 6.07) is 17.6. The quantitative estimate of drug-likeness (QED) is 0.510. The SMILES string of the molecule is CC(=O)N1CCN(Cc2cccc(OCCn3cccn3)c2)C[C@](O)(COc2ccc(C)cc2)C1. The van der Waals surface area contributed by atoms with E-state index in [-0.39, 0.29) is 19.1 Å². The molecule has 4 rings (SSSR count). The molecule has 0 aliphatic carbocycles. The van der Waals surface area contributed by atoms with E-state index in [0.717, 1.165) is 16.9 Å². The molecule has 3 aromatic rings. The fourth-order valence-electron chi connectivity index (χ4n) is 4.27. The van der Waals surface area contributed by atoms with Gasteiger partial charge in [0, 0.05) is 45.5 Å². The summed E-state index contributed by atoms with van der Waals surface area (Å²) in [5.41, 5.74) is 1.04. The monoisotopic (exact) mass is 478 g/mol. The van der Waals surface area contributed by atoms with E-state index in [1.165, 1.54) is 0 Å². The molecular formula is C27H34N4O4. The third kappa shape index (κ3) is 7.31. The third-order valence-electron chi connectivity index (χ3n) is 6.12. The van der Waals surface area contributed by atoms with E-state index in [1.807, 2.05) is 66.3 Å². The Bertz CT molecular complexity index is 1090. The molecule has 186 valence electrons. The molecule has 1 amide bonds. The minimum Gasteiger partial charge on any atom is -0.492 e. The largest absolute Gasteiger partial charge is 0.492 e. The standard InChI is InChI=1S/C27H34N4O4/c1-22-7-9-25(10-8-22)35-21-27(33)19-29(13-14-30(20-27)23(2)32)18-24-5-3-6-26(17-24)34-16-15-31-12-4-11-28-31/h3-12,17,33H,13-16,18-21H2,1-2H3/t27-/m1/s1. The summed E-state index contributed by atoms with van der Waals surface area (Å²) >= 11 is 0. The van der Waals surface area contributed by atoms with Crippen molar-refractivity contribution in [3.63, 3.8) is 0 Å². The van der Waals surface area contributed by atoms with Crippen LogP contribution in [-0.2, 0) is 17.9 Å². The minimum atomic E-state index is -1.19. The molecule has 0 spiro atoms. The molecule has 1 fully saturated rings. The van der Waals surface area contributed by atoms with E-state index < -0.39 is 5.60 Å². The first kappa shape index (κ1) is 24.8. The van der Waals surface area contributed by atoms with Gasteiger partial charge >= 0.3 is 0 Å². The van der Waals surface area contributed by atoms with Gasteiger partial charge in [0.2, 0.25) is 5.91 Å². The van der Waals surface area contributed by atoms with Gasteiger partial charge < -0.3 is 19.5 Å². The van der Waals surface area contributed by atoms with Gasteiger partial charge in [-0.2, -0.15) is 5.10 Å². The van der Waals surface area contributed by atoms with Gasteiger partial charge in [-0.15, -0.1) is 0 Å². The molecule has 35 heavy (non-hydrogen) atoms. The summed E-state index contributed by atoms with van der Waals surface area (Å²) in [6.07, 6.45) is 3.66. The van der Waals surface area contributed by atoms with Gasteiger partial charge in [-0.05, 0) is 42.8 Å². The number of ether oxygens (including phenoxy) is 2. The van der Waals surface area contributed by atoms with Crippen LogP contribution in [0.2, 0.25) is 0 Å². The number of carbonyl (C=O) groups excluding carboxylic acids is 1. The summed E-state index contributed by atoms with van der Waals surface area (Å²) in [5.74, 6) is 1.45. The number of aryl methyl sites for hydroxylation is 1. The Morgan fingerprint density at radius 2 is 1.89 bits per heavy atom. The van der Waals surface area contributed by atoms with Crippen molar-refractivity contribution in [2.75, 3.05) is 39.4 Å². The van der Waals surface area contributed by atoms with Crippen LogP contribution in [0.15, 0.2) is 67.0 Å². The Labute approximate surface area is 206 Å². The van der Waals surface area contributed by atoms with E-state index in [4.69, 9.17) is 9.47 Å². The van der Waals surface area contributed by atoms with E-state index in [1.54, 1.807) is 18.0 Å². The second kappa shape index (κ2) is 11.4. The number of carbonyl (C=O) groups is 1. The second-order valence-electron chi connectivity index (χ2n) is 9.24. The van der Waals surface area contributed by atoms with E-state index >= 15 is 0 Å². The number of rotatable bonds is 9. The topological polar surface area (TPSA) is 80.1 Å². The molecule has 1 aliphatic heterocycles. The smallest absolute Gasteiger partial charge is 0.219 e. The Kier molecular flexibility index (Phi) is 8.05. The van der Waals surface area contributed by atoms with Gasteiger partial charge in [0.05, 0.1) is 13.1 Å². The minimum absolute atomic E-state index is 0.0480. The van der Waals surface area contributed by atoms with Crippen molar-refractivity contribution in [2.24, 2.45) is 0 Å². The van der Waals surface area contributed by atoms with Crippen LogP contribution in [-0.4, -0.2) is 75.6 Å². The molecule has 0 radical (unpaired) electrons. The van der Waals surface area contributed by atoms with Crippen molar-refractivity contribution in [1.82, 2.24) is 19.6 Å². The molecule has 0 unspecified atom stereocenters. The molecule has 1 aromatic heterocycles. The first-order valence-electron chi connectivity index (χ1n) is 12.0. The first-order valence-corrected chi connectivity index (χ1v) is 12.0. The zero-order chi connectivity index (χ0) is 24.7. The van der Waals surface area contributed by atoms with Gasteiger partial charge in [0.1, 0.15) is 30.3 Å². The van der Waals surface area contributed by atoms with E-state index in [9.17, 15) is 9.90 Å². The van der Waals surface area contributed by atoms with E-state index in [2.05, 4.69) is 16.1 Å². The molecule has 1 N–H and O–H groups in total. The summed E-state index contributed by atoms with van der Waals surface area (Å²) in [5, 5.41) is 15.7. The lowest BCUT2D eigenvalue weighted by atomic mass is 10.0. The molecule has 1 aliphatic rings. The van der Waals surface area contributed by atoms with Crippen LogP contribution in [0.3, 0.4) is 0 Å². The lowest BCUT2D eigenvalue weighted by Gasteiger charge is -2.32. The second-order valence-corrected chi connectivity index (χ2v) is 9.24. The molecule has 0 saturated carbocycles. The fraction of sp³-hybridized carbons (Fsp3) is 0.407. The van der Waals surface area contributed by atoms with Crippen molar-refractivity contribution in [2.45, 2.75) is 32.5 Å². The molecule has 2 heterocycles. The fourth-order valence-corrected chi connectivity index (χ4v) is 4.27. The molecule has 1 atom stereocenters. The number of β-amino-alcohol motifs (C(OH)–C–C–N with tert-alkyl or cyclic N) is 1. The molecule has 8 nitrogen and oxygen atoms in total. The molecular weight excluding hydrogens is 444 g/mol. The maximum absolute atomic E-state index is 12.2. The average molecular weight is 479 g/mol. The van der Waals surface area contributed by atoms with Crippen molar-refractivity contribution in [3.8, 4) is 11.5 Å². The molecule has 1 saturated heterocycles.